The predicted molar refractivity (Wildman–Crippen MR) is 80.4 cm³/mol. The minimum absolute atomic E-state index is 0.0846. The molecule has 0 aliphatic carbocycles. The van der Waals surface area contributed by atoms with Gasteiger partial charge in [-0.25, -0.2) is 9.37 Å². The molecule has 5 nitrogen and oxygen atoms in total. The molecular weight excluding hydrogens is 293 g/mol. The Morgan fingerprint density at radius 3 is 2.67 bits per heavy atom. The standard InChI is InChI=1S/C14H16FN3O2S/c1-3-18(12-7-4-6-11(15)10-12)21(19,20)14-13(16-2)8-5-9-17-14/h4-10,16H,3H2,1-2H3. The van der Waals surface area contributed by atoms with Crippen LogP contribution in [0, 0.1) is 5.82 Å². The first kappa shape index (κ1) is 15.2. The first-order chi connectivity index (χ1) is 10.0. The van der Waals surface area contributed by atoms with Crippen molar-refractivity contribution < 1.29 is 12.8 Å². The third-order valence-electron chi connectivity index (χ3n) is 2.96. The van der Waals surface area contributed by atoms with Crippen molar-refractivity contribution in [1.29, 1.82) is 0 Å². The summed E-state index contributed by atoms with van der Waals surface area (Å²) in [6.07, 6.45) is 1.41. The van der Waals surface area contributed by atoms with Crippen LogP contribution in [0.4, 0.5) is 15.8 Å². The normalized spacial score (nSPS) is 11.2. The van der Waals surface area contributed by atoms with Gasteiger partial charge < -0.3 is 5.32 Å². The molecule has 0 spiro atoms. The smallest absolute Gasteiger partial charge is 0.283 e. The number of hydrogen-bond acceptors (Lipinski definition) is 4. The maximum Gasteiger partial charge on any atom is 0.283 e. The summed E-state index contributed by atoms with van der Waals surface area (Å²) in [6, 6.07) is 8.74. The molecule has 0 amide bonds. The Balaban J connectivity index is 2.55. The van der Waals surface area contributed by atoms with E-state index in [-0.39, 0.29) is 17.3 Å². The number of rotatable bonds is 5. The zero-order chi connectivity index (χ0) is 15.5. The number of hydrogen-bond donors (Lipinski definition) is 1. The van der Waals surface area contributed by atoms with Crippen LogP contribution in [0.5, 0.6) is 0 Å². The fourth-order valence-corrected chi connectivity index (χ4v) is 3.60. The Labute approximate surface area is 123 Å². The highest BCUT2D eigenvalue weighted by molar-refractivity contribution is 7.92. The van der Waals surface area contributed by atoms with Crippen LogP contribution in [0.15, 0.2) is 47.6 Å². The van der Waals surface area contributed by atoms with E-state index < -0.39 is 15.8 Å². The largest absolute Gasteiger partial charge is 0.386 e. The lowest BCUT2D eigenvalue weighted by Gasteiger charge is -2.23. The fraction of sp³-hybridized carbons (Fsp3) is 0.214. The lowest BCUT2D eigenvalue weighted by atomic mass is 10.3. The van der Waals surface area contributed by atoms with E-state index in [2.05, 4.69) is 10.3 Å². The average molecular weight is 309 g/mol. The first-order valence-corrected chi connectivity index (χ1v) is 7.85. The molecular formula is C14H16FN3O2S. The second kappa shape index (κ2) is 6.09. The molecule has 0 unspecified atom stereocenters. The second-order valence-corrected chi connectivity index (χ2v) is 6.03. The summed E-state index contributed by atoms with van der Waals surface area (Å²) in [7, 11) is -2.25. The van der Waals surface area contributed by atoms with E-state index >= 15 is 0 Å². The summed E-state index contributed by atoms with van der Waals surface area (Å²) in [5.41, 5.74) is 0.664. The Bertz CT molecular complexity index is 735. The SMILES string of the molecule is CCN(c1cccc(F)c1)S(=O)(=O)c1ncccc1NC. The van der Waals surface area contributed by atoms with Gasteiger partial charge in [0.15, 0.2) is 5.03 Å². The number of nitrogens with zero attached hydrogens (tertiary/aromatic N) is 2. The van der Waals surface area contributed by atoms with Crippen LogP contribution in [0.3, 0.4) is 0 Å². The maximum atomic E-state index is 13.4. The van der Waals surface area contributed by atoms with E-state index in [0.717, 1.165) is 4.31 Å². The van der Waals surface area contributed by atoms with Gasteiger partial charge in [-0.05, 0) is 37.3 Å². The van der Waals surface area contributed by atoms with Crippen LogP contribution < -0.4 is 9.62 Å². The molecule has 0 fully saturated rings. The summed E-state index contributed by atoms with van der Waals surface area (Å²) < 4.78 is 40.0. The molecule has 0 saturated carbocycles. The van der Waals surface area contributed by atoms with Gasteiger partial charge in [-0.1, -0.05) is 6.07 Å². The maximum absolute atomic E-state index is 13.4. The molecule has 1 N–H and O–H groups in total. The molecule has 2 aromatic rings. The van der Waals surface area contributed by atoms with Gasteiger partial charge in [0.1, 0.15) is 5.82 Å². The zero-order valence-electron chi connectivity index (χ0n) is 11.7. The molecule has 0 aliphatic rings. The Kier molecular flexibility index (Phi) is 4.42. The van der Waals surface area contributed by atoms with Crippen molar-refractivity contribution in [2.45, 2.75) is 11.9 Å². The molecule has 0 atom stereocenters. The van der Waals surface area contributed by atoms with E-state index in [0.29, 0.717) is 5.69 Å². The highest BCUT2D eigenvalue weighted by Crippen LogP contribution is 2.26. The summed E-state index contributed by atoms with van der Waals surface area (Å²) in [6.45, 7) is 1.86. The lowest BCUT2D eigenvalue weighted by Crippen LogP contribution is -2.32. The minimum Gasteiger partial charge on any atom is -0.386 e. The van der Waals surface area contributed by atoms with Gasteiger partial charge in [-0.2, -0.15) is 8.42 Å². The van der Waals surface area contributed by atoms with E-state index in [1.165, 1.54) is 24.4 Å². The van der Waals surface area contributed by atoms with Crippen LogP contribution in [0.25, 0.3) is 0 Å². The highest BCUT2D eigenvalue weighted by atomic mass is 32.2. The van der Waals surface area contributed by atoms with Crippen molar-refractivity contribution in [3.8, 4) is 0 Å². The number of halogens is 1. The molecule has 7 heteroatoms. The topological polar surface area (TPSA) is 62.3 Å². The summed E-state index contributed by atoms with van der Waals surface area (Å²) >= 11 is 0. The zero-order valence-corrected chi connectivity index (χ0v) is 12.6. The molecule has 0 aliphatic heterocycles. The second-order valence-electron chi connectivity index (χ2n) is 4.26. The van der Waals surface area contributed by atoms with Crippen molar-refractivity contribution in [3.05, 3.63) is 48.4 Å². The van der Waals surface area contributed by atoms with Crippen LogP contribution in [-0.2, 0) is 10.0 Å². The summed E-state index contributed by atoms with van der Waals surface area (Å²) in [5.74, 6) is -0.490. The van der Waals surface area contributed by atoms with Gasteiger partial charge in [0.2, 0.25) is 0 Å². The van der Waals surface area contributed by atoms with Crippen molar-refractivity contribution in [1.82, 2.24) is 4.98 Å². The molecule has 21 heavy (non-hydrogen) atoms. The third kappa shape index (κ3) is 2.97. The van der Waals surface area contributed by atoms with Crippen LogP contribution in [0.2, 0.25) is 0 Å². The van der Waals surface area contributed by atoms with Crippen molar-refractivity contribution in [2.75, 3.05) is 23.2 Å². The molecule has 0 radical (unpaired) electrons. The van der Waals surface area contributed by atoms with Crippen molar-refractivity contribution >= 4 is 21.4 Å². The van der Waals surface area contributed by atoms with Crippen LogP contribution in [0.1, 0.15) is 6.92 Å². The Morgan fingerprint density at radius 1 is 1.29 bits per heavy atom. The molecule has 0 saturated heterocycles. The van der Waals surface area contributed by atoms with Gasteiger partial charge in [0.25, 0.3) is 10.0 Å². The molecule has 1 heterocycles. The van der Waals surface area contributed by atoms with Gasteiger partial charge in [-0.3, -0.25) is 4.31 Å². The molecule has 2 rings (SSSR count). The Hall–Kier alpha value is -2.15. The molecule has 112 valence electrons. The van der Waals surface area contributed by atoms with Gasteiger partial charge in [0.05, 0.1) is 11.4 Å². The van der Waals surface area contributed by atoms with E-state index in [9.17, 15) is 12.8 Å². The van der Waals surface area contributed by atoms with Crippen molar-refractivity contribution in [3.63, 3.8) is 0 Å². The number of anilines is 2. The minimum atomic E-state index is -3.87. The lowest BCUT2D eigenvalue weighted by molar-refractivity contribution is 0.588. The van der Waals surface area contributed by atoms with Gasteiger partial charge >= 0.3 is 0 Å². The first-order valence-electron chi connectivity index (χ1n) is 6.41. The monoisotopic (exact) mass is 309 g/mol. The fourth-order valence-electron chi connectivity index (χ4n) is 2.01. The third-order valence-corrected chi connectivity index (χ3v) is 4.82. The van der Waals surface area contributed by atoms with Crippen LogP contribution >= 0.6 is 0 Å². The van der Waals surface area contributed by atoms with E-state index in [4.69, 9.17) is 0 Å². The van der Waals surface area contributed by atoms with E-state index in [1.807, 2.05) is 0 Å². The van der Waals surface area contributed by atoms with Gasteiger partial charge in [0, 0.05) is 19.8 Å². The number of aromatic nitrogens is 1. The quantitative estimate of drug-likeness (QED) is 0.921. The number of sulfonamides is 1. The summed E-state index contributed by atoms with van der Waals surface area (Å²) in [4.78, 5) is 3.95. The number of benzene rings is 1. The molecule has 0 bridgehead atoms. The summed E-state index contributed by atoms with van der Waals surface area (Å²) in [5, 5.41) is 2.72. The average Bonchev–Trinajstić information content (AvgIpc) is 2.47. The van der Waals surface area contributed by atoms with E-state index in [1.54, 1.807) is 32.2 Å². The number of nitrogens with one attached hydrogen (secondary N) is 1. The molecule has 1 aromatic heterocycles. The van der Waals surface area contributed by atoms with Crippen LogP contribution in [-0.4, -0.2) is 27.0 Å². The Morgan fingerprint density at radius 2 is 2.05 bits per heavy atom. The highest BCUT2D eigenvalue weighted by Gasteiger charge is 2.27. The molecule has 1 aromatic carbocycles. The van der Waals surface area contributed by atoms with Crippen molar-refractivity contribution in [2.24, 2.45) is 0 Å². The predicted octanol–water partition coefficient (Wildman–Crippen LogP) is 2.48. The van der Waals surface area contributed by atoms with Gasteiger partial charge in [-0.15, -0.1) is 0 Å². The number of pyridine rings is 1.